The van der Waals surface area contributed by atoms with E-state index in [1.165, 1.54) is 17.3 Å². The SMILES string of the molecule is Cl.NC[C@@H]1CN(C(=O)CSc2cc(Cl)ccc2Cl)C[C@H]1c1ccccc1. The number of benzene rings is 2. The molecule has 140 valence electrons. The van der Waals surface area contributed by atoms with Crippen molar-refractivity contribution in [2.24, 2.45) is 11.7 Å². The molecule has 0 aliphatic carbocycles. The Morgan fingerprint density at radius 1 is 1.15 bits per heavy atom. The van der Waals surface area contributed by atoms with Gasteiger partial charge < -0.3 is 10.6 Å². The highest BCUT2D eigenvalue weighted by atomic mass is 35.5. The lowest BCUT2D eigenvalue weighted by atomic mass is 9.89. The Bertz CT molecular complexity index is 745. The van der Waals surface area contributed by atoms with Gasteiger partial charge >= 0.3 is 0 Å². The Kier molecular flexibility index (Phi) is 8.11. The molecule has 0 unspecified atom stereocenters. The summed E-state index contributed by atoms with van der Waals surface area (Å²) in [5.41, 5.74) is 7.20. The molecule has 0 spiro atoms. The summed E-state index contributed by atoms with van der Waals surface area (Å²) in [5.74, 6) is 1.05. The first-order chi connectivity index (χ1) is 12.1. The van der Waals surface area contributed by atoms with Crippen molar-refractivity contribution < 1.29 is 4.79 Å². The maximum atomic E-state index is 12.6. The van der Waals surface area contributed by atoms with Crippen molar-refractivity contribution in [2.45, 2.75) is 10.8 Å². The topological polar surface area (TPSA) is 46.3 Å². The van der Waals surface area contributed by atoms with Gasteiger partial charge in [-0.3, -0.25) is 4.79 Å². The summed E-state index contributed by atoms with van der Waals surface area (Å²) in [4.78, 5) is 15.4. The summed E-state index contributed by atoms with van der Waals surface area (Å²) in [7, 11) is 0. The second kappa shape index (κ2) is 9.86. The highest BCUT2D eigenvalue weighted by Crippen LogP contribution is 2.34. The molecule has 1 aliphatic rings. The summed E-state index contributed by atoms with van der Waals surface area (Å²) < 4.78 is 0. The minimum absolute atomic E-state index is 0. The van der Waals surface area contributed by atoms with Crippen LogP contribution in [0.4, 0.5) is 0 Å². The standard InChI is InChI=1S/C19H20Cl2N2OS.ClH/c20-15-6-7-17(21)18(8-15)25-12-19(24)23-10-14(9-22)16(11-23)13-4-2-1-3-5-13;/h1-8,14,16H,9-12,22H2;1H/t14-,16+;/m1./s1. The van der Waals surface area contributed by atoms with Crippen LogP contribution in [0.15, 0.2) is 53.4 Å². The molecular formula is C19H21Cl3N2OS. The average Bonchev–Trinajstić information content (AvgIpc) is 3.07. The van der Waals surface area contributed by atoms with Gasteiger partial charge in [-0.05, 0) is 36.2 Å². The molecule has 0 saturated carbocycles. The van der Waals surface area contributed by atoms with Crippen LogP contribution in [0.2, 0.25) is 10.0 Å². The quantitative estimate of drug-likeness (QED) is 0.697. The van der Waals surface area contributed by atoms with E-state index in [0.29, 0.717) is 47.3 Å². The molecule has 3 rings (SSSR count). The Hall–Kier alpha value is -0.910. The van der Waals surface area contributed by atoms with Crippen LogP contribution in [0, 0.1) is 5.92 Å². The molecule has 2 atom stereocenters. The number of amides is 1. The highest BCUT2D eigenvalue weighted by Gasteiger charge is 2.35. The summed E-state index contributed by atoms with van der Waals surface area (Å²) in [5, 5.41) is 1.23. The fourth-order valence-electron chi connectivity index (χ4n) is 3.21. The van der Waals surface area contributed by atoms with E-state index in [-0.39, 0.29) is 18.3 Å². The van der Waals surface area contributed by atoms with Gasteiger partial charge in [0.05, 0.1) is 10.8 Å². The molecule has 2 aromatic rings. The molecule has 1 fully saturated rings. The van der Waals surface area contributed by atoms with Gasteiger partial charge in [-0.25, -0.2) is 0 Å². The van der Waals surface area contributed by atoms with E-state index in [1.54, 1.807) is 18.2 Å². The molecule has 2 aromatic carbocycles. The van der Waals surface area contributed by atoms with E-state index in [2.05, 4.69) is 12.1 Å². The van der Waals surface area contributed by atoms with Gasteiger partial charge in [0.1, 0.15) is 0 Å². The van der Waals surface area contributed by atoms with Crippen LogP contribution in [0.3, 0.4) is 0 Å². The van der Waals surface area contributed by atoms with Crippen molar-refractivity contribution in [3.05, 3.63) is 64.1 Å². The Labute approximate surface area is 174 Å². The molecule has 1 aliphatic heterocycles. The first-order valence-corrected chi connectivity index (χ1v) is 9.93. The molecular weight excluding hydrogens is 411 g/mol. The minimum atomic E-state index is 0. The van der Waals surface area contributed by atoms with Gasteiger partial charge in [-0.15, -0.1) is 24.2 Å². The summed E-state index contributed by atoms with van der Waals surface area (Å²) >= 11 is 13.6. The van der Waals surface area contributed by atoms with Crippen LogP contribution in [0.25, 0.3) is 0 Å². The van der Waals surface area contributed by atoms with Crippen LogP contribution in [-0.4, -0.2) is 36.2 Å². The Balaban J connectivity index is 0.00000243. The van der Waals surface area contributed by atoms with E-state index >= 15 is 0 Å². The van der Waals surface area contributed by atoms with Crippen molar-refractivity contribution in [1.82, 2.24) is 4.90 Å². The minimum Gasteiger partial charge on any atom is -0.341 e. The largest absolute Gasteiger partial charge is 0.341 e. The van der Waals surface area contributed by atoms with Crippen molar-refractivity contribution in [1.29, 1.82) is 0 Å². The first-order valence-electron chi connectivity index (χ1n) is 8.19. The molecule has 3 nitrogen and oxygen atoms in total. The predicted octanol–water partition coefficient (Wildman–Crippen LogP) is 4.71. The predicted molar refractivity (Wildman–Crippen MR) is 113 cm³/mol. The van der Waals surface area contributed by atoms with Gasteiger partial charge in [0.15, 0.2) is 0 Å². The number of thioether (sulfide) groups is 1. The van der Waals surface area contributed by atoms with Gasteiger partial charge in [-0.2, -0.15) is 0 Å². The molecule has 0 aromatic heterocycles. The number of nitrogens with two attached hydrogens (primary N) is 1. The zero-order chi connectivity index (χ0) is 17.8. The fourth-order valence-corrected chi connectivity index (χ4v) is 4.61. The maximum absolute atomic E-state index is 12.6. The third-order valence-electron chi connectivity index (χ3n) is 4.57. The molecule has 1 saturated heterocycles. The normalized spacial score (nSPS) is 19.3. The van der Waals surface area contributed by atoms with Crippen molar-refractivity contribution in [3.8, 4) is 0 Å². The van der Waals surface area contributed by atoms with Crippen LogP contribution in [-0.2, 0) is 4.79 Å². The summed E-state index contributed by atoms with van der Waals surface area (Å²) in [6, 6.07) is 15.6. The number of hydrogen-bond donors (Lipinski definition) is 1. The summed E-state index contributed by atoms with van der Waals surface area (Å²) in [6.45, 7) is 2.00. The lowest BCUT2D eigenvalue weighted by Crippen LogP contribution is -2.31. The summed E-state index contributed by atoms with van der Waals surface area (Å²) in [6.07, 6.45) is 0. The molecule has 2 N–H and O–H groups in total. The average molecular weight is 432 g/mol. The van der Waals surface area contributed by atoms with E-state index in [9.17, 15) is 4.79 Å². The lowest BCUT2D eigenvalue weighted by molar-refractivity contribution is -0.127. The van der Waals surface area contributed by atoms with E-state index in [1.807, 2.05) is 23.1 Å². The monoisotopic (exact) mass is 430 g/mol. The second-order valence-electron chi connectivity index (χ2n) is 6.18. The zero-order valence-electron chi connectivity index (χ0n) is 14.1. The van der Waals surface area contributed by atoms with E-state index in [4.69, 9.17) is 28.9 Å². The van der Waals surface area contributed by atoms with Crippen molar-refractivity contribution in [3.63, 3.8) is 0 Å². The zero-order valence-corrected chi connectivity index (χ0v) is 17.3. The van der Waals surface area contributed by atoms with Crippen LogP contribution in [0.1, 0.15) is 11.5 Å². The fraction of sp³-hybridized carbons (Fsp3) is 0.316. The molecule has 26 heavy (non-hydrogen) atoms. The van der Waals surface area contributed by atoms with Gasteiger partial charge in [0.2, 0.25) is 5.91 Å². The maximum Gasteiger partial charge on any atom is 0.232 e. The Morgan fingerprint density at radius 3 is 2.58 bits per heavy atom. The number of nitrogens with zero attached hydrogens (tertiary/aromatic N) is 1. The lowest BCUT2D eigenvalue weighted by Gasteiger charge is -2.17. The molecule has 0 radical (unpaired) electrons. The first kappa shape index (κ1) is 21.4. The van der Waals surface area contributed by atoms with Gasteiger partial charge in [-0.1, -0.05) is 53.5 Å². The number of halogens is 3. The smallest absolute Gasteiger partial charge is 0.232 e. The van der Waals surface area contributed by atoms with Crippen molar-refractivity contribution >= 4 is 53.3 Å². The molecule has 1 heterocycles. The third kappa shape index (κ3) is 5.08. The second-order valence-corrected chi connectivity index (χ2v) is 8.04. The van der Waals surface area contributed by atoms with Crippen molar-refractivity contribution in [2.75, 3.05) is 25.4 Å². The number of likely N-dealkylation sites (tertiary alicyclic amines) is 1. The van der Waals surface area contributed by atoms with Crippen LogP contribution < -0.4 is 5.73 Å². The third-order valence-corrected chi connectivity index (χ3v) is 6.29. The van der Waals surface area contributed by atoms with E-state index < -0.39 is 0 Å². The number of carbonyl (C=O) groups is 1. The van der Waals surface area contributed by atoms with Gasteiger partial charge in [0.25, 0.3) is 0 Å². The van der Waals surface area contributed by atoms with Crippen LogP contribution >= 0.6 is 47.4 Å². The molecule has 7 heteroatoms. The number of rotatable bonds is 5. The Morgan fingerprint density at radius 2 is 1.88 bits per heavy atom. The number of carbonyl (C=O) groups excluding carboxylic acids is 1. The highest BCUT2D eigenvalue weighted by molar-refractivity contribution is 8.00. The molecule has 1 amide bonds. The van der Waals surface area contributed by atoms with Crippen LogP contribution in [0.5, 0.6) is 0 Å². The van der Waals surface area contributed by atoms with Gasteiger partial charge in [0, 0.05) is 28.9 Å². The van der Waals surface area contributed by atoms with E-state index in [0.717, 1.165) is 4.90 Å². The number of hydrogen-bond acceptors (Lipinski definition) is 3. The molecule has 0 bridgehead atoms.